The molecular weight excluding hydrogens is 466 g/mol. The third kappa shape index (κ3) is 4.92. The largest absolute Gasteiger partial charge is 0.493 e. The van der Waals surface area contributed by atoms with Gasteiger partial charge in [-0.15, -0.1) is 0 Å². The molecule has 5 rings (SSSR count). The highest BCUT2D eigenvalue weighted by Crippen LogP contribution is 2.39. The van der Waals surface area contributed by atoms with Crippen LogP contribution in [0.25, 0.3) is 10.8 Å². The van der Waals surface area contributed by atoms with Crippen molar-refractivity contribution in [2.24, 2.45) is 0 Å². The van der Waals surface area contributed by atoms with E-state index >= 15 is 0 Å². The third-order valence-corrected chi connectivity index (χ3v) is 7.01. The Labute approximate surface area is 217 Å². The van der Waals surface area contributed by atoms with Crippen LogP contribution in [0.3, 0.4) is 0 Å². The summed E-state index contributed by atoms with van der Waals surface area (Å²) < 4.78 is 22.9. The topological polar surface area (TPSA) is 57.2 Å². The van der Waals surface area contributed by atoms with E-state index in [0.29, 0.717) is 36.0 Å². The van der Waals surface area contributed by atoms with Crippen LogP contribution in [0.1, 0.15) is 22.7 Å². The van der Waals surface area contributed by atoms with Crippen LogP contribution in [-0.4, -0.2) is 45.3 Å². The van der Waals surface area contributed by atoms with E-state index < -0.39 is 0 Å². The van der Waals surface area contributed by atoms with E-state index in [1.807, 2.05) is 65.6 Å². The van der Waals surface area contributed by atoms with Crippen LogP contribution in [0.5, 0.6) is 23.0 Å². The molecule has 1 amide bonds. The van der Waals surface area contributed by atoms with Crippen LogP contribution in [0, 0.1) is 0 Å². The highest BCUT2D eigenvalue weighted by atomic mass is 16.5. The number of amides is 1. The Morgan fingerprint density at radius 3 is 2.27 bits per heavy atom. The van der Waals surface area contributed by atoms with Gasteiger partial charge in [-0.2, -0.15) is 0 Å². The molecule has 0 saturated heterocycles. The number of hydrogen-bond donors (Lipinski definition) is 0. The van der Waals surface area contributed by atoms with Crippen LogP contribution >= 0.6 is 0 Å². The van der Waals surface area contributed by atoms with E-state index in [0.717, 1.165) is 33.9 Å². The number of ether oxygens (including phenoxy) is 4. The predicted molar refractivity (Wildman–Crippen MR) is 144 cm³/mol. The Morgan fingerprint density at radius 2 is 1.49 bits per heavy atom. The summed E-state index contributed by atoms with van der Waals surface area (Å²) in [4.78, 5) is 15.8. The van der Waals surface area contributed by atoms with Crippen molar-refractivity contribution in [2.45, 2.75) is 18.9 Å². The summed E-state index contributed by atoms with van der Waals surface area (Å²) in [6, 6.07) is 25.5. The van der Waals surface area contributed by atoms with Crippen LogP contribution in [0.2, 0.25) is 0 Å². The van der Waals surface area contributed by atoms with Crippen molar-refractivity contribution in [1.82, 2.24) is 4.90 Å². The van der Waals surface area contributed by atoms with Gasteiger partial charge in [-0.25, -0.2) is 0 Å². The first-order valence-corrected chi connectivity index (χ1v) is 12.4. The molecule has 4 aromatic rings. The van der Waals surface area contributed by atoms with Crippen LogP contribution in [-0.2, 0) is 17.6 Å². The molecule has 1 atom stereocenters. The second-order valence-electron chi connectivity index (χ2n) is 9.04. The van der Waals surface area contributed by atoms with Crippen molar-refractivity contribution >= 4 is 16.7 Å². The lowest BCUT2D eigenvalue weighted by atomic mass is 9.91. The minimum absolute atomic E-state index is 0.0606. The molecule has 6 heteroatoms. The molecule has 37 heavy (non-hydrogen) atoms. The minimum Gasteiger partial charge on any atom is -0.493 e. The zero-order valence-corrected chi connectivity index (χ0v) is 21.4. The summed E-state index contributed by atoms with van der Waals surface area (Å²) in [5.41, 5.74) is 3.15. The average Bonchev–Trinajstić information content (AvgIpc) is 2.95. The lowest BCUT2D eigenvalue weighted by Crippen LogP contribution is -2.43. The van der Waals surface area contributed by atoms with Crippen molar-refractivity contribution in [2.75, 3.05) is 34.5 Å². The second kappa shape index (κ2) is 10.8. The fourth-order valence-corrected chi connectivity index (χ4v) is 5.12. The zero-order chi connectivity index (χ0) is 25.8. The summed E-state index contributed by atoms with van der Waals surface area (Å²) in [6.45, 7) is 0.871. The number of para-hydroxylation sites is 2. The molecular formula is C31H31NO5. The van der Waals surface area contributed by atoms with Gasteiger partial charge in [0.2, 0.25) is 5.91 Å². The van der Waals surface area contributed by atoms with Gasteiger partial charge >= 0.3 is 0 Å². The van der Waals surface area contributed by atoms with Gasteiger partial charge < -0.3 is 23.8 Å². The highest BCUT2D eigenvalue weighted by molar-refractivity contribution is 5.90. The molecule has 1 unspecified atom stereocenters. The Kier molecular flexibility index (Phi) is 7.17. The van der Waals surface area contributed by atoms with Gasteiger partial charge in [0, 0.05) is 6.54 Å². The molecule has 0 N–H and O–H groups in total. The number of rotatable bonds is 8. The van der Waals surface area contributed by atoms with E-state index in [1.54, 1.807) is 21.3 Å². The van der Waals surface area contributed by atoms with Gasteiger partial charge in [-0.1, -0.05) is 54.6 Å². The summed E-state index contributed by atoms with van der Waals surface area (Å²) in [5.74, 6) is 2.66. The van der Waals surface area contributed by atoms with E-state index in [2.05, 4.69) is 18.2 Å². The van der Waals surface area contributed by atoms with E-state index in [9.17, 15) is 4.79 Å². The molecule has 0 aromatic heterocycles. The predicted octanol–water partition coefficient (Wildman–Crippen LogP) is 5.61. The molecule has 0 fully saturated rings. The van der Waals surface area contributed by atoms with Gasteiger partial charge in [0.05, 0.1) is 33.8 Å². The van der Waals surface area contributed by atoms with Crippen molar-refractivity contribution in [1.29, 1.82) is 0 Å². The minimum atomic E-state index is -0.295. The molecule has 6 nitrogen and oxygen atoms in total. The molecule has 0 radical (unpaired) electrons. The molecule has 1 aliphatic heterocycles. The van der Waals surface area contributed by atoms with Crippen molar-refractivity contribution in [3.8, 4) is 23.0 Å². The van der Waals surface area contributed by atoms with E-state index in [1.165, 1.54) is 0 Å². The number of carbonyl (C=O) groups is 1. The van der Waals surface area contributed by atoms with Crippen LogP contribution in [0.15, 0.2) is 78.9 Å². The van der Waals surface area contributed by atoms with Crippen molar-refractivity contribution in [3.63, 3.8) is 0 Å². The standard InChI is InChI=1S/C31H31NO5/c1-34-27-13-6-7-14-28(27)37-20-26-25-19-30(36-3)29(35-2)17-23(25)15-16-32(26)31(33)18-22-11-8-10-21-9-4-5-12-24(21)22/h4-14,17,19,26H,15-16,18,20H2,1-3H3. The first-order valence-electron chi connectivity index (χ1n) is 12.4. The highest BCUT2D eigenvalue weighted by Gasteiger charge is 2.33. The summed E-state index contributed by atoms with van der Waals surface area (Å²) in [6.07, 6.45) is 1.04. The second-order valence-corrected chi connectivity index (χ2v) is 9.04. The number of hydrogen-bond acceptors (Lipinski definition) is 5. The zero-order valence-electron chi connectivity index (χ0n) is 21.4. The average molecular weight is 498 g/mol. The number of nitrogens with zero attached hydrogens (tertiary/aromatic N) is 1. The van der Waals surface area contributed by atoms with Gasteiger partial charge in [0.1, 0.15) is 6.61 Å². The molecule has 190 valence electrons. The van der Waals surface area contributed by atoms with Crippen molar-refractivity contribution in [3.05, 3.63) is 95.6 Å². The Hall–Kier alpha value is -4.19. The first kappa shape index (κ1) is 24.5. The van der Waals surface area contributed by atoms with Gasteiger partial charge in [0.15, 0.2) is 23.0 Å². The lowest BCUT2D eigenvalue weighted by Gasteiger charge is -2.38. The van der Waals surface area contributed by atoms with Gasteiger partial charge in [-0.3, -0.25) is 4.79 Å². The van der Waals surface area contributed by atoms with E-state index in [4.69, 9.17) is 18.9 Å². The maximum absolute atomic E-state index is 13.8. The van der Waals surface area contributed by atoms with E-state index in [-0.39, 0.29) is 18.6 Å². The van der Waals surface area contributed by atoms with Crippen LogP contribution in [0.4, 0.5) is 0 Å². The normalized spacial score (nSPS) is 14.7. The molecule has 0 saturated carbocycles. The molecule has 0 bridgehead atoms. The Bertz CT molecular complexity index is 1410. The summed E-state index contributed by atoms with van der Waals surface area (Å²) in [5, 5.41) is 2.23. The molecule has 0 aliphatic carbocycles. The van der Waals surface area contributed by atoms with Gasteiger partial charge in [-0.05, 0) is 58.1 Å². The monoisotopic (exact) mass is 497 g/mol. The van der Waals surface area contributed by atoms with Crippen molar-refractivity contribution < 1.29 is 23.7 Å². The fourth-order valence-electron chi connectivity index (χ4n) is 5.12. The number of fused-ring (bicyclic) bond motifs is 2. The molecule has 4 aromatic carbocycles. The lowest BCUT2D eigenvalue weighted by molar-refractivity contribution is -0.134. The maximum Gasteiger partial charge on any atom is 0.227 e. The number of methoxy groups -OCH3 is 3. The Balaban J connectivity index is 1.49. The molecule has 1 heterocycles. The quantitative estimate of drug-likeness (QED) is 0.317. The van der Waals surface area contributed by atoms with Gasteiger partial charge in [0.25, 0.3) is 0 Å². The summed E-state index contributed by atoms with van der Waals surface area (Å²) >= 11 is 0. The SMILES string of the molecule is COc1cc2c(cc1OC)C(COc1ccccc1OC)N(C(=O)Cc1cccc3ccccc13)CC2. The van der Waals surface area contributed by atoms with Crippen LogP contribution < -0.4 is 18.9 Å². The smallest absolute Gasteiger partial charge is 0.227 e. The molecule has 1 aliphatic rings. The molecule has 0 spiro atoms. The fraction of sp³-hybridized carbons (Fsp3) is 0.258. The Morgan fingerprint density at radius 1 is 0.811 bits per heavy atom. The number of benzene rings is 4. The third-order valence-electron chi connectivity index (χ3n) is 7.01. The maximum atomic E-state index is 13.8. The summed E-state index contributed by atoms with van der Waals surface area (Å²) in [7, 11) is 4.88. The number of carbonyl (C=O) groups excluding carboxylic acids is 1. The first-order chi connectivity index (χ1) is 18.1.